The number of hydrogen-bond acceptors (Lipinski definition) is 4. The number of allylic oxidation sites excluding steroid dienone is 1. The lowest BCUT2D eigenvalue weighted by molar-refractivity contribution is 0.104. The molecule has 48 heavy (non-hydrogen) atoms. The molecule has 0 fully saturated rings. The lowest BCUT2D eigenvalue weighted by Crippen LogP contribution is -2.03. The molecule has 0 atom stereocenters. The first-order valence-corrected chi connectivity index (χ1v) is 21.0. The Hall–Kier alpha value is -2.20. The number of carbonyl (C=O) groups is 1. The maximum absolute atomic E-state index is 12.7. The molecule has 2 rings (SSSR count). The molecule has 0 aliphatic carbocycles. The summed E-state index contributed by atoms with van der Waals surface area (Å²) >= 11 is 1.87. The second-order valence-electron chi connectivity index (χ2n) is 13.5. The maximum Gasteiger partial charge on any atom is 0.185 e. The van der Waals surface area contributed by atoms with Crippen molar-refractivity contribution in [2.75, 3.05) is 19.0 Å². The number of benzene rings is 2. The van der Waals surface area contributed by atoms with Gasteiger partial charge in [-0.1, -0.05) is 186 Å². The molecule has 0 aliphatic rings. The highest BCUT2D eigenvalue weighted by molar-refractivity contribution is 7.99. The van der Waals surface area contributed by atoms with Gasteiger partial charge in [-0.15, -0.1) is 11.8 Å². The zero-order valence-corrected chi connectivity index (χ0v) is 32.0. The molecule has 0 aromatic heterocycles. The highest BCUT2D eigenvalue weighted by atomic mass is 32.2. The van der Waals surface area contributed by atoms with Gasteiger partial charge in [0, 0.05) is 5.56 Å². The molecule has 4 heteroatoms. The van der Waals surface area contributed by atoms with E-state index in [2.05, 4.69) is 32.9 Å². The number of ether oxygens (including phenoxy) is 2. The van der Waals surface area contributed by atoms with Gasteiger partial charge in [-0.3, -0.25) is 4.79 Å². The van der Waals surface area contributed by atoms with Crippen LogP contribution in [0.3, 0.4) is 0 Å². The third-order valence-electron chi connectivity index (χ3n) is 9.03. The molecular weight excluding hydrogens is 609 g/mol. The molecule has 2 aromatic rings. The van der Waals surface area contributed by atoms with Gasteiger partial charge in [-0.2, -0.15) is 0 Å². The summed E-state index contributed by atoms with van der Waals surface area (Å²) in [7, 11) is 0. The van der Waals surface area contributed by atoms with Crippen molar-refractivity contribution >= 4 is 23.6 Å². The minimum Gasteiger partial charge on any atom is -0.492 e. The van der Waals surface area contributed by atoms with E-state index in [1.54, 1.807) is 6.08 Å². The molecular formula is C44H70O3S. The van der Waals surface area contributed by atoms with Crippen molar-refractivity contribution in [1.29, 1.82) is 0 Å². The van der Waals surface area contributed by atoms with Crippen molar-refractivity contribution in [3.8, 4) is 11.5 Å². The highest BCUT2D eigenvalue weighted by Crippen LogP contribution is 2.40. The van der Waals surface area contributed by atoms with Crippen LogP contribution in [0.1, 0.15) is 184 Å². The molecule has 0 saturated heterocycles. The van der Waals surface area contributed by atoms with Crippen molar-refractivity contribution in [3.05, 3.63) is 59.7 Å². The first kappa shape index (κ1) is 42.0. The Bertz CT molecular complexity index is 1050. The van der Waals surface area contributed by atoms with Crippen LogP contribution in [0.4, 0.5) is 0 Å². The first-order chi connectivity index (χ1) is 23.7. The third-order valence-corrected chi connectivity index (χ3v) is 10.2. The fourth-order valence-electron chi connectivity index (χ4n) is 5.93. The molecule has 0 N–H and O–H groups in total. The lowest BCUT2D eigenvalue weighted by atomic mass is 10.0. The largest absolute Gasteiger partial charge is 0.492 e. The van der Waals surface area contributed by atoms with Crippen LogP contribution in [0.25, 0.3) is 6.08 Å². The molecule has 0 spiro atoms. The van der Waals surface area contributed by atoms with E-state index in [0.717, 1.165) is 53.4 Å². The van der Waals surface area contributed by atoms with E-state index in [-0.39, 0.29) is 5.78 Å². The van der Waals surface area contributed by atoms with Gasteiger partial charge in [-0.25, -0.2) is 0 Å². The molecule has 0 bridgehead atoms. The molecule has 0 amide bonds. The normalized spacial score (nSPS) is 11.4. The van der Waals surface area contributed by atoms with Gasteiger partial charge in [0.15, 0.2) is 5.78 Å². The van der Waals surface area contributed by atoms with Gasteiger partial charge in [0.1, 0.15) is 11.5 Å². The fourth-order valence-corrected chi connectivity index (χ4v) is 7.00. The average Bonchev–Trinajstić information content (AvgIpc) is 3.11. The topological polar surface area (TPSA) is 35.5 Å². The Balaban J connectivity index is 1.72. The van der Waals surface area contributed by atoms with Crippen LogP contribution in [-0.2, 0) is 0 Å². The van der Waals surface area contributed by atoms with E-state index in [1.165, 1.54) is 122 Å². The molecule has 2 aromatic carbocycles. The van der Waals surface area contributed by atoms with Gasteiger partial charge in [0.05, 0.1) is 18.1 Å². The van der Waals surface area contributed by atoms with Gasteiger partial charge in [0.2, 0.25) is 0 Å². The Morgan fingerprint density at radius 2 is 0.979 bits per heavy atom. The van der Waals surface area contributed by atoms with E-state index in [4.69, 9.17) is 9.47 Å². The summed E-state index contributed by atoms with van der Waals surface area (Å²) < 4.78 is 12.7. The second-order valence-corrected chi connectivity index (χ2v) is 14.6. The molecule has 0 aliphatic heterocycles. The Morgan fingerprint density at radius 3 is 1.42 bits per heavy atom. The fraction of sp³-hybridized carbons (Fsp3) is 0.659. The second kappa shape index (κ2) is 29.7. The van der Waals surface area contributed by atoms with Gasteiger partial charge >= 0.3 is 0 Å². The number of unbranched alkanes of at least 4 members (excludes halogenated alkanes) is 20. The van der Waals surface area contributed by atoms with Crippen LogP contribution in [0, 0.1) is 0 Å². The summed E-state index contributed by atoms with van der Waals surface area (Å²) in [6.07, 6.45) is 34.4. The Labute approximate surface area is 300 Å². The summed E-state index contributed by atoms with van der Waals surface area (Å²) in [6.45, 7) is 8.05. The SMILES string of the molecule is CCCCCCCCCCCCCCCCCCCCCSc1c(OCCCC)cc(C=CC(=O)c2ccccc2)cc1OCCCC. The van der Waals surface area contributed by atoms with Crippen molar-refractivity contribution in [2.45, 2.75) is 173 Å². The number of rotatable bonds is 32. The van der Waals surface area contributed by atoms with Crippen LogP contribution < -0.4 is 9.47 Å². The maximum atomic E-state index is 12.7. The molecule has 3 nitrogen and oxygen atoms in total. The minimum atomic E-state index is 0.000277. The summed E-state index contributed by atoms with van der Waals surface area (Å²) in [4.78, 5) is 13.8. The smallest absolute Gasteiger partial charge is 0.185 e. The van der Waals surface area contributed by atoms with Crippen molar-refractivity contribution in [3.63, 3.8) is 0 Å². The van der Waals surface area contributed by atoms with Crippen molar-refractivity contribution in [1.82, 2.24) is 0 Å². The monoisotopic (exact) mass is 679 g/mol. The van der Waals surface area contributed by atoms with E-state index >= 15 is 0 Å². The van der Waals surface area contributed by atoms with Crippen LogP contribution in [0.5, 0.6) is 11.5 Å². The molecule has 0 saturated carbocycles. The van der Waals surface area contributed by atoms with E-state index < -0.39 is 0 Å². The number of carbonyl (C=O) groups excluding carboxylic acids is 1. The zero-order valence-electron chi connectivity index (χ0n) is 31.2. The zero-order chi connectivity index (χ0) is 34.3. The summed E-state index contributed by atoms with van der Waals surface area (Å²) in [5.41, 5.74) is 1.63. The van der Waals surface area contributed by atoms with E-state index in [9.17, 15) is 4.79 Å². The Morgan fingerprint density at radius 1 is 0.562 bits per heavy atom. The van der Waals surface area contributed by atoms with E-state index in [0.29, 0.717) is 18.8 Å². The standard InChI is InChI=1S/C44H70O3S/c1-4-7-10-11-12-13-14-15-16-17-18-19-20-21-22-23-24-25-29-36-48-44-42(46-34-8-5-2)37-39(38-43(44)47-35-9-6-3)32-33-41(45)40-30-27-26-28-31-40/h26-28,30-33,37-38H,4-25,29,34-36H2,1-3H3. The first-order valence-electron chi connectivity index (χ1n) is 20.0. The van der Waals surface area contributed by atoms with Crippen LogP contribution >= 0.6 is 11.8 Å². The van der Waals surface area contributed by atoms with Gasteiger partial charge < -0.3 is 9.47 Å². The summed E-state index contributed by atoms with van der Waals surface area (Å²) in [5.74, 6) is 2.83. The number of hydrogen-bond donors (Lipinski definition) is 0. The molecule has 270 valence electrons. The Kier molecular flexibility index (Phi) is 26.0. The van der Waals surface area contributed by atoms with Crippen LogP contribution in [0.15, 0.2) is 53.4 Å². The molecule has 0 heterocycles. The van der Waals surface area contributed by atoms with Crippen molar-refractivity contribution in [2.24, 2.45) is 0 Å². The van der Waals surface area contributed by atoms with Crippen LogP contribution in [-0.4, -0.2) is 24.7 Å². The van der Waals surface area contributed by atoms with Gasteiger partial charge in [0.25, 0.3) is 0 Å². The van der Waals surface area contributed by atoms with E-state index in [1.807, 2.05) is 48.2 Å². The minimum absolute atomic E-state index is 0.000277. The van der Waals surface area contributed by atoms with Crippen molar-refractivity contribution < 1.29 is 14.3 Å². The molecule has 0 radical (unpaired) electrons. The van der Waals surface area contributed by atoms with Crippen LogP contribution in [0.2, 0.25) is 0 Å². The number of thioether (sulfide) groups is 1. The lowest BCUT2D eigenvalue weighted by Gasteiger charge is -2.17. The quantitative estimate of drug-likeness (QED) is 0.0334. The number of ketones is 1. The average molecular weight is 679 g/mol. The summed E-state index contributed by atoms with van der Waals surface area (Å²) in [5, 5.41) is 0. The van der Waals surface area contributed by atoms with Gasteiger partial charge in [-0.05, 0) is 48.8 Å². The predicted molar refractivity (Wildman–Crippen MR) is 211 cm³/mol. The predicted octanol–water partition coefficient (Wildman–Crippen LogP) is 14.5. The summed E-state index contributed by atoms with van der Waals surface area (Å²) in [6, 6.07) is 13.6. The molecule has 0 unspecified atom stereocenters. The third kappa shape index (κ3) is 20.3. The highest BCUT2D eigenvalue weighted by Gasteiger charge is 2.15.